The normalized spacial score (nSPS) is 28.1. The molecule has 2 aliphatic rings. The number of aromatic nitrogens is 1. The lowest BCUT2D eigenvalue weighted by Gasteiger charge is -2.44. The zero-order chi connectivity index (χ0) is 16.9. The molecular formula is C19H30ClN3O2. The number of pyridine rings is 1. The van der Waals surface area contributed by atoms with E-state index in [9.17, 15) is 4.79 Å². The van der Waals surface area contributed by atoms with Crippen molar-refractivity contribution in [2.24, 2.45) is 23.5 Å². The maximum Gasteiger partial charge on any atom is 0.226 e. The second-order valence-electron chi connectivity index (χ2n) is 7.27. The highest BCUT2D eigenvalue weighted by atomic mass is 35.5. The zero-order valence-electron chi connectivity index (χ0n) is 15.0. The van der Waals surface area contributed by atoms with E-state index >= 15 is 0 Å². The molecule has 5 nitrogen and oxygen atoms in total. The summed E-state index contributed by atoms with van der Waals surface area (Å²) < 4.78 is 5.20. The van der Waals surface area contributed by atoms with Crippen LogP contribution in [0.5, 0.6) is 0 Å². The molecule has 25 heavy (non-hydrogen) atoms. The fourth-order valence-electron chi connectivity index (χ4n) is 4.40. The molecule has 2 N–H and O–H groups in total. The standard InChI is InChI=1S/C19H29N3O2.ClH/c1-24-10-9-22(13-17-7-2-3-8-21-17)19(23)16-11-14-5-4-6-15(12-16)18(14)20;/h2-3,7-8,14-16,18H,4-6,9-13,20H2,1H3;1H. The zero-order valence-corrected chi connectivity index (χ0v) is 15.8. The summed E-state index contributed by atoms with van der Waals surface area (Å²) in [5.74, 6) is 1.40. The average molecular weight is 368 g/mol. The van der Waals surface area contributed by atoms with Crippen molar-refractivity contribution in [1.82, 2.24) is 9.88 Å². The summed E-state index contributed by atoms with van der Waals surface area (Å²) in [4.78, 5) is 19.4. The van der Waals surface area contributed by atoms with Crippen LogP contribution in [-0.2, 0) is 16.1 Å². The van der Waals surface area contributed by atoms with Gasteiger partial charge in [-0.15, -0.1) is 12.4 Å². The van der Waals surface area contributed by atoms with Crippen LogP contribution in [0, 0.1) is 17.8 Å². The maximum absolute atomic E-state index is 13.1. The minimum absolute atomic E-state index is 0. The third kappa shape index (κ3) is 4.93. The Morgan fingerprint density at radius 2 is 2.04 bits per heavy atom. The molecular weight excluding hydrogens is 338 g/mol. The molecule has 2 unspecified atom stereocenters. The molecule has 2 aliphatic carbocycles. The molecule has 2 saturated carbocycles. The Balaban J connectivity index is 0.00000225. The molecule has 140 valence electrons. The fraction of sp³-hybridized carbons (Fsp3) is 0.684. The Morgan fingerprint density at radius 1 is 1.32 bits per heavy atom. The van der Waals surface area contributed by atoms with E-state index < -0.39 is 0 Å². The SMILES string of the molecule is COCCN(Cc1ccccn1)C(=O)C1CC2CCCC(C1)C2N.Cl. The molecule has 2 fully saturated rings. The van der Waals surface area contributed by atoms with E-state index in [2.05, 4.69) is 4.98 Å². The number of methoxy groups -OCH3 is 1. The summed E-state index contributed by atoms with van der Waals surface area (Å²) in [6, 6.07) is 6.13. The Hall–Kier alpha value is -1.17. The molecule has 0 saturated heterocycles. The molecule has 0 radical (unpaired) electrons. The Labute approximate surface area is 156 Å². The van der Waals surface area contributed by atoms with Crippen molar-refractivity contribution in [3.63, 3.8) is 0 Å². The number of hydrogen-bond donors (Lipinski definition) is 1. The van der Waals surface area contributed by atoms with E-state index in [0.29, 0.717) is 37.6 Å². The molecule has 1 aromatic heterocycles. The monoisotopic (exact) mass is 367 g/mol. The molecule has 1 amide bonds. The highest BCUT2D eigenvalue weighted by Crippen LogP contribution is 2.42. The van der Waals surface area contributed by atoms with E-state index in [1.807, 2.05) is 23.1 Å². The maximum atomic E-state index is 13.1. The van der Waals surface area contributed by atoms with Crippen LogP contribution in [0.15, 0.2) is 24.4 Å². The quantitative estimate of drug-likeness (QED) is 0.839. The van der Waals surface area contributed by atoms with Crippen molar-refractivity contribution in [3.05, 3.63) is 30.1 Å². The number of hydrogen-bond acceptors (Lipinski definition) is 4. The van der Waals surface area contributed by atoms with Gasteiger partial charge in [-0.25, -0.2) is 0 Å². The minimum atomic E-state index is 0. The molecule has 2 bridgehead atoms. The summed E-state index contributed by atoms with van der Waals surface area (Å²) in [6.45, 7) is 1.72. The molecule has 0 aromatic carbocycles. The first kappa shape index (κ1) is 20.1. The lowest BCUT2D eigenvalue weighted by molar-refractivity contribution is -0.140. The van der Waals surface area contributed by atoms with Crippen LogP contribution in [0.1, 0.15) is 37.8 Å². The summed E-state index contributed by atoms with van der Waals surface area (Å²) in [6.07, 6.45) is 7.30. The molecule has 1 heterocycles. The number of carbonyl (C=O) groups excluding carboxylic acids is 1. The lowest BCUT2D eigenvalue weighted by atomic mass is 9.65. The first-order valence-electron chi connectivity index (χ1n) is 9.12. The topological polar surface area (TPSA) is 68.5 Å². The van der Waals surface area contributed by atoms with Gasteiger partial charge in [0, 0.05) is 31.8 Å². The molecule has 2 atom stereocenters. The number of carbonyl (C=O) groups is 1. The van der Waals surface area contributed by atoms with Gasteiger partial charge in [-0.1, -0.05) is 12.5 Å². The van der Waals surface area contributed by atoms with E-state index in [-0.39, 0.29) is 24.2 Å². The second kappa shape index (κ2) is 9.51. The predicted molar refractivity (Wildman–Crippen MR) is 100 cm³/mol. The van der Waals surface area contributed by atoms with Crippen molar-refractivity contribution in [2.45, 2.75) is 44.7 Å². The third-order valence-electron chi connectivity index (χ3n) is 5.72. The van der Waals surface area contributed by atoms with Gasteiger partial charge in [0.25, 0.3) is 0 Å². The summed E-state index contributed by atoms with van der Waals surface area (Å²) >= 11 is 0. The van der Waals surface area contributed by atoms with E-state index in [1.165, 1.54) is 19.3 Å². The smallest absolute Gasteiger partial charge is 0.226 e. The summed E-state index contributed by atoms with van der Waals surface area (Å²) in [7, 11) is 1.67. The predicted octanol–water partition coefficient (Wildman–Crippen LogP) is 2.63. The number of rotatable bonds is 6. The molecule has 1 aromatic rings. The van der Waals surface area contributed by atoms with Crippen LogP contribution >= 0.6 is 12.4 Å². The fourth-order valence-corrected chi connectivity index (χ4v) is 4.40. The number of ether oxygens (including phenoxy) is 1. The lowest BCUT2D eigenvalue weighted by Crippen LogP contribution is -2.50. The van der Waals surface area contributed by atoms with Gasteiger partial charge >= 0.3 is 0 Å². The summed E-state index contributed by atoms with van der Waals surface area (Å²) in [5.41, 5.74) is 7.30. The van der Waals surface area contributed by atoms with Gasteiger partial charge in [0.15, 0.2) is 0 Å². The van der Waals surface area contributed by atoms with E-state index in [0.717, 1.165) is 18.5 Å². The van der Waals surface area contributed by atoms with Crippen molar-refractivity contribution >= 4 is 18.3 Å². The van der Waals surface area contributed by atoms with Crippen LogP contribution in [-0.4, -0.2) is 42.1 Å². The first-order valence-corrected chi connectivity index (χ1v) is 9.12. The van der Waals surface area contributed by atoms with Gasteiger partial charge < -0.3 is 15.4 Å². The van der Waals surface area contributed by atoms with Gasteiger partial charge in [0.05, 0.1) is 18.8 Å². The second-order valence-corrected chi connectivity index (χ2v) is 7.27. The van der Waals surface area contributed by atoms with Crippen LogP contribution in [0.4, 0.5) is 0 Å². The number of fused-ring (bicyclic) bond motifs is 2. The van der Waals surface area contributed by atoms with Crippen LogP contribution < -0.4 is 5.73 Å². The van der Waals surface area contributed by atoms with Crippen LogP contribution in [0.25, 0.3) is 0 Å². The van der Waals surface area contributed by atoms with Crippen molar-refractivity contribution in [2.75, 3.05) is 20.3 Å². The first-order chi connectivity index (χ1) is 11.7. The Bertz CT molecular complexity index is 529. The van der Waals surface area contributed by atoms with Crippen molar-refractivity contribution in [1.29, 1.82) is 0 Å². The minimum Gasteiger partial charge on any atom is -0.383 e. The van der Waals surface area contributed by atoms with E-state index in [4.69, 9.17) is 10.5 Å². The van der Waals surface area contributed by atoms with Crippen LogP contribution in [0.3, 0.4) is 0 Å². The average Bonchev–Trinajstić information content (AvgIpc) is 2.58. The highest BCUT2D eigenvalue weighted by molar-refractivity contribution is 5.85. The Kier molecular flexibility index (Phi) is 7.66. The molecule has 6 heteroatoms. The number of nitrogens with two attached hydrogens (primary N) is 1. The summed E-state index contributed by atoms with van der Waals surface area (Å²) in [5, 5.41) is 0. The van der Waals surface area contributed by atoms with Crippen molar-refractivity contribution in [3.8, 4) is 0 Å². The third-order valence-corrected chi connectivity index (χ3v) is 5.72. The van der Waals surface area contributed by atoms with Gasteiger partial charge in [-0.2, -0.15) is 0 Å². The largest absolute Gasteiger partial charge is 0.383 e. The van der Waals surface area contributed by atoms with Gasteiger partial charge in [-0.05, 0) is 49.7 Å². The molecule has 0 spiro atoms. The highest BCUT2D eigenvalue weighted by Gasteiger charge is 2.41. The number of nitrogens with zero attached hydrogens (tertiary/aromatic N) is 2. The molecule has 0 aliphatic heterocycles. The van der Waals surface area contributed by atoms with Crippen LogP contribution in [0.2, 0.25) is 0 Å². The number of halogens is 1. The molecule has 3 rings (SSSR count). The van der Waals surface area contributed by atoms with E-state index in [1.54, 1.807) is 13.3 Å². The number of amides is 1. The van der Waals surface area contributed by atoms with Gasteiger partial charge in [-0.3, -0.25) is 9.78 Å². The van der Waals surface area contributed by atoms with Gasteiger partial charge in [0.2, 0.25) is 5.91 Å². The van der Waals surface area contributed by atoms with Crippen molar-refractivity contribution < 1.29 is 9.53 Å². The van der Waals surface area contributed by atoms with Gasteiger partial charge in [0.1, 0.15) is 0 Å². The Morgan fingerprint density at radius 3 is 2.64 bits per heavy atom.